The number of Topliss-reactive ketones (excluding diaryl/α,β-unsaturated/α-hetero) is 1. The van der Waals surface area contributed by atoms with Crippen molar-refractivity contribution in [3.8, 4) is 0 Å². The Kier molecular flexibility index (Phi) is 7.58. The van der Waals surface area contributed by atoms with Crippen LogP contribution in [0.25, 0.3) is 11.2 Å². The van der Waals surface area contributed by atoms with Gasteiger partial charge in [-0.2, -0.15) is 4.98 Å². The van der Waals surface area contributed by atoms with Crippen LogP contribution >= 0.6 is 19.2 Å². The van der Waals surface area contributed by atoms with Gasteiger partial charge in [0.05, 0.1) is 19.5 Å². The van der Waals surface area contributed by atoms with Crippen LogP contribution in [-0.2, 0) is 36.3 Å². The van der Waals surface area contributed by atoms with Crippen LogP contribution < -0.4 is 11.3 Å². The summed E-state index contributed by atoms with van der Waals surface area (Å²) < 4.78 is 30.7. The van der Waals surface area contributed by atoms with Gasteiger partial charge in [0, 0.05) is 11.6 Å². The lowest BCUT2D eigenvalue weighted by Crippen LogP contribution is -2.14. The summed E-state index contributed by atoms with van der Waals surface area (Å²) in [6.45, 7) is 1.26. The number of nitrogens with zero attached hydrogens (tertiary/aromatic N) is 3. The Bertz CT molecular complexity index is 1180. The predicted molar refractivity (Wildman–Crippen MR) is 114 cm³/mol. The normalized spacial score (nSPS) is 13.4. The van der Waals surface area contributed by atoms with Crippen LogP contribution in [0.4, 0.5) is 5.95 Å². The zero-order valence-corrected chi connectivity index (χ0v) is 18.3. The highest BCUT2D eigenvalue weighted by atomic mass is 35.5. The highest BCUT2D eigenvalue weighted by molar-refractivity contribution is 7.53. The number of ketones is 1. The summed E-state index contributed by atoms with van der Waals surface area (Å²) in [6.07, 6.45) is 1.06. The van der Waals surface area contributed by atoms with Gasteiger partial charge in [0.2, 0.25) is 5.95 Å². The maximum Gasteiger partial charge on any atom is 0.356 e. The summed E-state index contributed by atoms with van der Waals surface area (Å²) in [5.41, 5.74) is 6.27. The van der Waals surface area contributed by atoms with Crippen LogP contribution in [0.2, 0.25) is 5.02 Å². The first-order valence-electron chi connectivity index (χ1n) is 9.16. The number of hydrogen-bond acceptors (Lipinski definition) is 9. The molecule has 1 atom stereocenters. The summed E-state index contributed by atoms with van der Waals surface area (Å²) in [6, 6.07) is 6.87. The molecule has 1 aromatic carbocycles. The molecule has 3 N–H and O–H groups in total. The molecule has 0 saturated heterocycles. The van der Waals surface area contributed by atoms with E-state index in [1.54, 1.807) is 28.8 Å². The van der Waals surface area contributed by atoms with Crippen LogP contribution in [0.5, 0.6) is 0 Å². The van der Waals surface area contributed by atoms with E-state index in [0.29, 0.717) is 16.2 Å². The van der Waals surface area contributed by atoms with Crippen molar-refractivity contribution in [1.29, 1.82) is 0 Å². The van der Waals surface area contributed by atoms with Crippen molar-refractivity contribution in [2.24, 2.45) is 0 Å². The zero-order valence-electron chi connectivity index (χ0n) is 16.6. The fraction of sp³-hybridized carbons (Fsp3) is 0.333. The van der Waals surface area contributed by atoms with Crippen molar-refractivity contribution < 1.29 is 23.1 Å². The summed E-state index contributed by atoms with van der Waals surface area (Å²) in [4.78, 5) is 33.5. The largest absolute Gasteiger partial charge is 0.369 e. The number of fused-ring (bicyclic) bond motifs is 1. The van der Waals surface area contributed by atoms with Crippen LogP contribution in [0.3, 0.4) is 0 Å². The quantitative estimate of drug-likeness (QED) is 0.318. The van der Waals surface area contributed by atoms with Crippen molar-refractivity contribution in [3.63, 3.8) is 0 Å². The van der Waals surface area contributed by atoms with E-state index in [4.69, 9.17) is 31.1 Å². The second-order valence-electron chi connectivity index (χ2n) is 6.59. The molecule has 0 radical (unpaired) electrons. The predicted octanol–water partition coefficient (Wildman–Crippen LogP) is 2.34. The third-order valence-electron chi connectivity index (χ3n) is 4.00. The SMILES string of the molecule is CC(=O)COP(=O)(COCCn1cnc2c(=O)[nH]c(N)nc21)OCc1cccc(Cl)c1. The number of carbonyl (C=O) groups is 1. The maximum absolute atomic E-state index is 13.0. The van der Waals surface area contributed by atoms with Crippen molar-refractivity contribution in [3.05, 3.63) is 51.5 Å². The van der Waals surface area contributed by atoms with Crippen LogP contribution in [0.1, 0.15) is 12.5 Å². The fourth-order valence-electron chi connectivity index (χ4n) is 2.57. The first-order valence-corrected chi connectivity index (χ1v) is 11.3. The van der Waals surface area contributed by atoms with E-state index in [-0.39, 0.29) is 50.0 Å². The molecule has 0 saturated carbocycles. The number of halogens is 1. The average Bonchev–Trinajstić information content (AvgIpc) is 3.12. The fourth-order valence-corrected chi connectivity index (χ4v) is 4.09. The highest BCUT2D eigenvalue weighted by Crippen LogP contribution is 2.48. The van der Waals surface area contributed by atoms with E-state index in [0.717, 1.165) is 0 Å². The van der Waals surface area contributed by atoms with Crippen molar-refractivity contribution in [1.82, 2.24) is 19.5 Å². The van der Waals surface area contributed by atoms with E-state index in [1.165, 1.54) is 13.3 Å². The van der Waals surface area contributed by atoms with Crippen LogP contribution in [0, 0.1) is 0 Å². The molecular weight excluding hydrogens is 449 g/mol. The molecule has 1 unspecified atom stereocenters. The minimum atomic E-state index is -3.73. The number of imidazole rings is 1. The number of nitrogens with two attached hydrogens (primary N) is 1. The Balaban J connectivity index is 1.60. The van der Waals surface area contributed by atoms with Crippen LogP contribution in [0.15, 0.2) is 35.4 Å². The zero-order chi connectivity index (χ0) is 22.4. The van der Waals surface area contributed by atoms with Gasteiger partial charge in [-0.15, -0.1) is 0 Å². The molecular formula is C18H21ClN5O6P. The number of nitrogens with one attached hydrogen (secondary N) is 1. The molecule has 0 aliphatic rings. The lowest BCUT2D eigenvalue weighted by atomic mass is 10.2. The van der Waals surface area contributed by atoms with Crippen molar-refractivity contribution in [2.75, 3.05) is 25.3 Å². The molecule has 0 aliphatic heterocycles. The molecule has 2 heterocycles. The third kappa shape index (κ3) is 6.46. The van der Waals surface area contributed by atoms with Gasteiger partial charge in [-0.25, -0.2) is 4.98 Å². The molecule has 0 aliphatic carbocycles. The first-order chi connectivity index (χ1) is 14.8. The standard InChI is InChI=1S/C18H21ClN5O6P/c1-12(25)8-29-31(27,30-9-13-3-2-4-14(19)7-13)11-28-6-5-24-10-21-15-16(24)22-18(20)23-17(15)26/h2-4,7,10H,5-6,8-9,11H2,1H3,(H3,20,22,23,26). The van der Waals surface area contributed by atoms with E-state index < -0.39 is 13.2 Å². The summed E-state index contributed by atoms with van der Waals surface area (Å²) in [5.74, 6) is -0.331. The van der Waals surface area contributed by atoms with Gasteiger partial charge in [-0.3, -0.25) is 23.7 Å². The monoisotopic (exact) mass is 469 g/mol. The lowest BCUT2D eigenvalue weighted by Gasteiger charge is -2.18. The van der Waals surface area contributed by atoms with Gasteiger partial charge in [-0.05, 0) is 24.6 Å². The molecule has 3 rings (SSSR count). The smallest absolute Gasteiger partial charge is 0.356 e. The molecule has 0 amide bonds. The highest BCUT2D eigenvalue weighted by Gasteiger charge is 2.26. The lowest BCUT2D eigenvalue weighted by molar-refractivity contribution is -0.119. The van der Waals surface area contributed by atoms with Gasteiger partial charge >= 0.3 is 7.60 Å². The number of H-pyrrole nitrogens is 1. The van der Waals surface area contributed by atoms with Gasteiger partial charge in [-0.1, -0.05) is 23.7 Å². The number of rotatable bonds is 11. The molecule has 3 aromatic rings. The van der Waals surface area contributed by atoms with Gasteiger partial charge in [0.25, 0.3) is 5.56 Å². The Morgan fingerprint density at radius 2 is 2.16 bits per heavy atom. The summed E-state index contributed by atoms with van der Waals surface area (Å²) in [5, 5.41) is 0.512. The van der Waals surface area contributed by atoms with Crippen LogP contribution in [-0.4, -0.2) is 44.9 Å². The van der Waals surface area contributed by atoms with Gasteiger partial charge in [0.15, 0.2) is 16.9 Å². The second kappa shape index (κ2) is 10.2. The molecule has 0 bridgehead atoms. The van der Waals surface area contributed by atoms with E-state index in [2.05, 4.69) is 15.0 Å². The first kappa shape index (κ1) is 23.1. The molecule has 13 heteroatoms. The Morgan fingerprint density at radius 3 is 2.90 bits per heavy atom. The number of ether oxygens (including phenoxy) is 1. The molecule has 0 spiro atoms. The van der Waals surface area contributed by atoms with E-state index in [9.17, 15) is 14.2 Å². The minimum Gasteiger partial charge on any atom is -0.369 e. The Labute approximate surface area is 182 Å². The van der Waals surface area contributed by atoms with Crippen molar-refractivity contribution in [2.45, 2.75) is 20.1 Å². The van der Waals surface area contributed by atoms with Crippen molar-refractivity contribution >= 4 is 42.1 Å². The average molecular weight is 470 g/mol. The molecule has 31 heavy (non-hydrogen) atoms. The number of anilines is 1. The summed E-state index contributed by atoms with van der Waals surface area (Å²) in [7, 11) is -3.73. The summed E-state index contributed by atoms with van der Waals surface area (Å²) >= 11 is 5.94. The maximum atomic E-state index is 13.0. The van der Waals surface area contributed by atoms with E-state index in [1.807, 2.05) is 0 Å². The molecule has 11 nitrogen and oxygen atoms in total. The number of aromatic nitrogens is 4. The number of benzene rings is 1. The number of aromatic amines is 1. The van der Waals surface area contributed by atoms with Gasteiger partial charge < -0.3 is 19.6 Å². The van der Waals surface area contributed by atoms with Gasteiger partial charge in [0.1, 0.15) is 13.0 Å². The topological polar surface area (TPSA) is 151 Å². The van der Waals surface area contributed by atoms with E-state index >= 15 is 0 Å². The molecule has 0 fully saturated rings. The third-order valence-corrected chi connectivity index (χ3v) is 5.78. The number of hydrogen-bond donors (Lipinski definition) is 2. The molecule has 166 valence electrons. The number of carbonyl (C=O) groups excluding carboxylic acids is 1. The minimum absolute atomic E-state index is 0.0305. The second-order valence-corrected chi connectivity index (χ2v) is 9.02. The Hall–Kier alpha value is -2.56. The Morgan fingerprint density at radius 1 is 1.35 bits per heavy atom. The number of nitrogen functional groups attached to an aromatic ring is 1. The molecule has 2 aromatic heterocycles.